The average Bonchev–Trinajstić information content (AvgIpc) is 2.30. The molecule has 1 aromatic carbocycles. The van der Waals surface area contributed by atoms with Gasteiger partial charge in [-0.15, -0.1) is 0 Å². The molecule has 0 unspecified atom stereocenters. The molecule has 0 bridgehead atoms. The van der Waals surface area contributed by atoms with E-state index in [4.69, 9.17) is 0 Å². The van der Waals surface area contributed by atoms with Crippen molar-refractivity contribution >= 4 is 10.0 Å². The highest BCUT2D eigenvalue weighted by molar-refractivity contribution is 7.89. The van der Waals surface area contributed by atoms with E-state index in [1.165, 1.54) is 16.4 Å². The molecule has 0 amide bonds. The Hall–Kier alpha value is -0.980. The first kappa shape index (κ1) is 16.4. The summed E-state index contributed by atoms with van der Waals surface area (Å²) >= 11 is 0. The van der Waals surface area contributed by atoms with Gasteiger partial charge in [-0.05, 0) is 58.0 Å². The summed E-state index contributed by atoms with van der Waals surface area (Å²) in [6, 6.07) is 2.56. The van der Waals surface area contributed by atoms with Gasteiger partial charge in [-0.2, -0.15) is 4.31 Å². The maximum absolute atomic E-state index is 13.4. The van der Waals surface area contributed by atoms with Gasteiger partial charge in [0.25, 0.3) is 0 Å². The number of hydrogen-bond acceptors (Lipinski definition) is 3. The van der Waals surface area contributed by atoms with Crippen molar-refractivity contribution in [2.75, 3.05) is 26.7 Å². The molecule has 1 aromatic rings. The van der Waals surface area contributed by atoms with Crippen molar-refractivity contribution in [1.29, 1.82) is 0 Å². The fourth-order valence-corrected chi connectivity index (χ4v) is 4.83. The van der Waals surface area contributed by atoms with Crippen LogP contribution in [0.5, 0.6) is 0 Å². The molecule has 6 heteroatoms. The molecule has 1 fully saturated rings. The maximum atomic E-state index is 13.4. The topological polar surface area (TPSA) is 40.6 Å². The van der Waals surface area contributed by atoms with Crippen molar-refractivity contribution in [2.45, 2.75) is 38.1 Å². The van der Waals surface area contributed by atoms with Crippen LogP contribution in [-0.4, -0.2) is 49.8 Å². The Morgan fingerprint density at radius 3 is 2.14 bits per heavy atom. The number of halogens is 1. The fraction of sp³-hybridized carbons (Fsp3) is 0.600. The molecule has 1 aliphatic rings. The quantitative estimate of drug-likeness (QED) is 0.840. The average molecular weight is 314 g/mol. The Morgan fingerprint density at radius 2 is 1.67 bits per heavy atom. The number of likely N-dealkylation sites (N-methyl/N-ethyl adjacent to an activating group) is 1. The number of piperazine rings is 1. The van der Waals surface area contributed by atoms with Crippen LogP contribution in [0.1, 0.15) is 25.0 Å². The lowest BCUT2D eigenvalue weighted by Crippen LogP contribution is -2.58. The number of rotatable bonds is 2. The molecule has 4 nitrogen and oxygen atoms in total. The highest BCUT2D eigenvalue weighted by Gasteiger charge is 2.38. The predicted molar refractivity (Wildman–Crippen MR) is 81.3 cm³/mol. The third-order valence-electron chi connectivity index (χ3n) is 4.30. The van der Waals surface area contributed by atoms with E-state index in [1.54, 1.807) is 13.8 Å². The van der Waals surface area contributed by atoms with E-state index < -0.39 is 15.8 Å². The van der Waals surface area contributed by atoms with E-state index in [2.05, 4.69) is 4.90 Å². The Kier molecular flexibility index (Phi) is 4.17. The van der Waals surface area contributed by atoms with Crippen LogP contribution in [0.15, 0.2) is 17.0 Å². The summed E-state index contributed by atoms with van der Waals surface area (Å²) in [6.45, 7) is 8.92. The minimum atomic E-state index is -3.59. The van der Waals surface area contributed by atoms with Crippen LogP contribution in [0.3, 0.4) is 0 Å². The van der Waals surface area contributed by atoms with Crippen LogP contribution in [0.25, 0.3) is 0 Å². The zero-order chi connectivity index (χ0) is 16.0. The van der Waals surface area contributed by atoms with E-state index >= 15 is 0 Å². The lowest BCUT2D eigenvalue weighted by molar-refractivity contribution is 0.0801. The second-order valence-electron chi connectivity index (χ2n) is 6.44. The van der Waals surface area contributed by atoms with Gasteiger partial charge in [0, 0.05) is 25.2 Å². The smallest absolute Gasteiger partial charge is 0.243 e. The SMILES string of the molecule is Cc1cc(F)cc(C)c1S(=O)(=O)N1CCN(C)C(C)(C)C1. The van der Waals surface area contributed by atoms with Crippen LogP contribution in [0.4, 0.5) is 4.39 Å². The van der Waals surface area contributed by atoms with Crippen molar-refractivity contribution < 1.29 is 12.8 Å². The number of sulfonamides is 1. The van der Waals surface area contributed by atoms with E-state index in [9.17, 15) is 12.8 Å². The molecule has 0 saturated carbocycles. The summed E-state index contributed by atoms with van der Waals surface area (Å²) < 4.78 is 40.8. The molecule has 0 atom stereocenters. The first-order valence-electron chi connectivity index (χ1n) is 7.04. The van der Waals surface area contributed by atoms with E-state index in [1.807, 2.05) is 20.9 Å². The zero-order valence-electron chi connectivity index (χ0n) is 13.3. The second kappa shape index (κ2) is 5.34. The van der Waals surface area contributed by atoms with Crippen LogP contribution >= 0.6 is 0 Å². The molecule has 21 heavy (non-hydrogen) atoms. The predicted octanol–water partition coefficient (Wildman–Crippen LogP) is 2.16. The molecule has 0 radical (unpaired) electrons. The molecule has 0 aromatic heterocycles. The minimum Gasteiger partial charge on any atom is -0.299 e. The van der Waals surface area contributed by atoms with E-state index in [-0.39, 0.29) is 10.4 Å². The summed E-state index contributed by atoms with van der Waals surface area (Å²) in [6.07, 6.45) is 0. The van der Waals surface area contributed by atoms with Crippen molar-refractivity contribution in [1.82, 2.24) is 9.21 Å². The lowest BCUT2D eigenvalue weighted by Gasteiger charge is -2.44. The van der Waals surface area contributed by atoms with Gasteiger partial charge >= 0.3 is 0 Å². The van der Waals surface area contributed by atoms with Crippen molar-refractivity contribution in [3.05, 3.63) is 29.1 Å². The van der Waals surface area contributed by atoms with Crippen molar-refractivity contribution in [3.63, 3.8) is 0 Å². The maximum Gasteiger partial charge on any atom is 0.243 e. The van der Waals surface area contributed by atoms with Gasteiger partial charge in [0.2, 0.25) is 10.0 Å². The number of benzene rings is 1. The molecular formula is C15H23FN2O2S. The first-order chi connectivity index (χ1) is 9.55. The Labute approximate surface area is 126 Å². The van der Waals surface area contributed by atoms with Crippen molar-refractivity contribution in [2.24, 2.45) is 0 Å². The fourth-order valence-electron chi connectivity index (χ4n) is 2.83. The van der Waals surface area contributed by atoms with E-state index in [0.29, 0.717) is 30.8 Å². The molecule has 0 aliphatic carbocycles. The molecule has 118 valence electrons. The lowest BCUT2D eigenvalue weighted by atomic mass is 10.0. The monoisotopic (exact) mass is 314 g/mol. The van der Waals surface area contributed by atoms with Gasteiger partial charge < -0.3 is 0 Å². The van der Waals surface area contributed by atoms with Crippen LogP contribution in [-0.2, 0) is 10.0 Å². The Bertz CT molecular complexity index is 633. The molecule has 1 saturated heterocycles. The summed E-state index contributed by atoms with van der Waals surface area (Å²) in [5.74, 6) is -0.400. The molecule has 2 rings (SSSR count). The molecule has 0 N–H and O–H groups in total. The van der Waals surface area contributed by atoms with Gasteiger partial charge in [0.05, 0.1) is 4.90 Å². The minimum absolute atomic E-state index is 0.215. The van der Waals surface area contributed by atoms with Gasteiger partial charge in [-0.25, -0.2) is 12.8 Å². The molecule has 0 spiro atoms. The molecule has 1 aliphatic heterocycles. The summed E-state index contributed by atoms with van der Waals surface area (Å²) in [5, 5.41) is 0. The van der Waals surface area contributed by atoms with Crippen LogP contribution < -0.4 is 0 Å². The number of aryl methyl sites for hydroxylation is 2. The first-order valence-corrected chi connectivity index (χ1v) is 8.48. The third kappa shape index (κ3) is 2.98. The number of nitrogens with zero attached hydrogens (tertiary/aromatic N) is 2. The highest BCUT2D eigenvalue weighted by atomic mass is 32.2. The van der Waals surface area contributed by atoms with Gasteiger partial charge in [0.1, 0.15) is 5.82 Å². The van der Waals surface area contributed by atoms with Gasteiger partial charge in [0.15, 0.2) is 0 Å². The largest absolute Gasteiger partial charge is 0.299 e. The van der Waals surface area contributed by atoms with E-state index in [0.717, 1.165) is 0 Å². The Balaban J connectivity index is 2.44. The third-order valence-corrected chi connectivity index (χ3v) is 6.46. The van der Waals surface area contributed by atoms with Crippen LogP contribution in [0.2, 0.25) is 0 Å². The highest BCUT2D eigenvalue weighted by Crippen LogP contribution is 2.29. The summed E-state index contributed by atoms with van der Waals surface area (Å²) in [4.78, 5) is 2.40. The summed E-state index contributed by atoms with van der Waals surface area (Å²) in [5.41, 5.74) is 0.709. The van der Waals surface area contributed by atoms with Gasteiger partial charge in [-0.3, -0.25) is 4.90 Å². The summed E-state index contributed by atoms with van der Waals surface area (Å²) in [7, 11) is -1.60. The number of hydrogen-bond donors (Lipinski definition) is 0. The molecule has 1 heterocycles. The zero-order valence-corrected chi connectivity index (χ0v) is 14.1. The standard InChI is InChI=1S/C15H23FN2O2S/c1-11-8-13(16)9-12(2)14(11)21(19,20)18-7-6-17(5)15(3,4)10-18/h8-9H,6-7,10H2,1-5H3. The Morgan fingerprint density at radius 1 is 1.14 bits per heavy atom. The van der Waals surface area contributed by atoms with Crippen molar-refractivity contribution in [3.8, 4) is 0 Å². The van der Waals surface area contributed by atoms with Gasteiger partial charge in [-0.1, -0.05) is 0 Å². The van der Waals surface area contributed by atoms with Crippen LogP contribution in [0, 0.1) is 19.7 Å². The second-order valence-corrected chi connectivity index (χ2v) is 8.32. The normalized spacial score (nSPS) is 20.7. The molecular weight excluding hydrogens is 291 g/mol.